The Labute approximate surface area is 191 Å². The van der Waals surface area contributed by atoms with E-state index in [0.29, 0.717) is 11.3 Å². The fourth-order valence-corrected chi connectivity index (χ4v) is 2.48. The molecular weight excluding hydrogens is 432 g/mol. The fraction of sp³-hybridized carbons (Fsp3) is 0.333. The van der Waals surface area contributed by atoms with Gasteiger partial charge in [-0.25, -0.2) is 4.79 Å². The maximum absolute atomic E-state index is 12.7. The standard InChI is InChI=1S/C24H26O9/c1-5-20(25)31-18-12-16(24(28)30-14-15-8-10-17(29-4)11-9-15)13-19(32-21(26)6-2)23(18)33-22(27)7-3/h8-13H,5-7,14H2,1-4H3. The highest BCUT2D eigenvalue weighted by molar-refractivity contribution is 5.92. The Hall–Kier alpha value is -3.88. The molecule has 0 unspecified atom stereocenters. The first-order valence-electron chi connectivity index (χ1n) is 10.4. The Kier molecular flexibility index (Phi) is 9.41. The van der Waals surface area contributed by atoms with Gasteiger partial charge in [-0.05, 0) is 29.8 Å². The van der Waals surface area contributed by atoms with E-state index in [-0.39, 0.29) is 48.7 Å². The van der Waals surface area contributed by atoms with Crippen molar-refractivity contribution in [2.24, 2.45) is 0 Å². The first-order chi connectivity index (χ1) is 15.8. The fourth-order valence-electron chi connectivity index (χ4n) is 2.48. The molecule has 176 valence electrons. The first kappa shape index (κ1) is 25.4. The lowest BCUT2D eigenvalue weighted by atomic mass is 10.1. The van der Waals surface area contributed by atoms with Gasteiger partial charge in [0.05, 0.1) is 12.7 Å². The third kappa shape index (κ3) is 7.34. The number of benzene rings is 2. The van der Waals surface area contributed by atoms with E-state index < -0.39 is 23.9 Å². The number of carbonyl (C=O) groups is 4. The molecule has 0 fully saturated rings. The average Bonchev–Trinajstić information content (AvgIpc) is 2.83. The van der Waals surface area contributed by atoms with Gasteiger partial charge in [0.2, 0.25) is 5.75 Å². The molecule has 2 rings (SSSR count). The molecule has 0 N–H and O–H groups in total. The zero-order chi connectivity index (χ0) is 24.4. The second-order valence-electron chi connectivity index (χ2n) is 6.71. The normalized spacial score (nSPS) is 10.2. The van der Waals surface area contributed by atoms with Gasteiger partial charge < -0.3 is 23.7 Å². The molecule has 0 amide bonds. The average molecular weight is 458 g/mol. The number of esters is 4. The van der Waals surface area contributed by atoms with Crippen molar-refractivity contribution in [3.8, 4) is 23.0 Å². The van der Waals surface area contributed by atoms with Gasteiger partial charge >= 0.3 is 23.9 Å². The highest BCUT2D eigenvalue weighted by atomic mass is 16.6. The molecule has 9 heteroatoms. The SMILES string of the molecule is CCC(=O)Oc1cc(C(=O)OCc2ccc(OC)cc2)cc(OC(=O)CC)c1OC(=O)CC. The van der Waals surface area contributed by atoms with E-state index in [2.05, 4.69) is 0 Å². The summed E-state index contributed by atoms with van der Waals surface area (Å²) in [6.07, 6.45) is 0.0722. The summed E-state index contributed by atoms with van der Waals surface area (Å²) in [5.74, 6) is -2.76. The molecule has 0 aliphatic carbocycles. The summed E-state index contributed by atoms with van der Waals surface area (Å²) >= 11 is 0. The van der Waals surface area contributed by atoms with Crippen LogP contribution in [0.25, 0.3) is 0 Å². The Morgan fingerprint density at radius 2 is 1.21 bits per heavy atom. The second-order valence-corrected chi connectivity index (χ2v) is 6.71. The van der Waals surface area contributed by atoms with Crippen LogP contribution in [0.1, 0.15) is 56.0 Å². The largest absolute Gasteiger partial charge is 0.497 e. The zero-order valence-corrected chi connectivity index (χ0v) is 19.0. The van der Waals surface area contributed by atoms with Crippen molar-refractivity contribution in [1.82, 2.24) is 0 Å². The van der Waals surface area contributed by atoms with Gasteiger partial charge in [-0.2, -0.15) is 0 Å². The molecule has 9 nitrogen and oxygen atoms in total. The zero-order valence-electron chi connectivity index (χ0n) is 19.0. The van der Waals surface area contributed by atoms with Crippen LogP contribution in [0.2, 0.25) is 0 Å². The van der Waals surface area contributed by atoms with E-state index in [9.17, 15) is 19.2 Å². The molecule has 2 aromatic rings. The van der Waals surface area contributed by atoms with E-state index in [1.165, 1.54) is 12.1 Å². The number of ether oxygens (including phenoxy) is 5. The maximum atomic E-state index is 12.7. The molecule has 0 radical (unpaired) electrons. The van der Waals surface area contributed by atoms with Gasteiger partial charge in [0.15, 0.2) is 11.5 Å². The summed E-state index contributed by atoms with van der Waals surface area (Å²) in [5.41, 5.74) is 0.658. The third-order valence-corrected chi connectivity index (χ3v) is 4.31. The van der Waals surface area contributed by atoms with E-state index >= 15 is 0 Å². The lowest BCUT2D eigenvalue weighted by molar-refractivity contribution is -0.137. The molecular formula is C24H26O9. The minimum absolute atomic E-state index is 0.0218. The molecule has 0 saturated carbocycles. The van der Waals surface area contributed by atoms with Crippen LogP contribution in [0, 0.1) is 0 Å². The van der Waals surface area contributed by atoms with Crippen molar-refractivity contribution in [2.45, 2.75) is 46.6 Å². The number of hydrogen-bond donors (Lipinski definition) is 0. The van der Waals surface area contributed by atoms with Crippen LogP contribution in [0.5, 0.6) is 23.0 Å². The maximum Gasteiger partial charge on any atom is 0.338 e. The highest BCUT2D eigenvalue weighted by Gasteiger charge is 2.24. The van der Waals surface area contributed by atoms with Crippen LogP contribution in [0.4, 0.5) is 0 Å². The second kappa shape index (κ2) is 12.2. The lowest BCUT2D eigenvalue weighted by Crippen LogP contribution is -2.15. The van der Waals surface area contributed by atoms with Crippen LogP contribution < -0.4 is 18.9 Å². The molecule has 0 aliphatic rings. The quantitative estimate of drug-likeness (QED) is 0.385. The molecule has 2 aromatic carbocycles. The summed E-state index contributed by atoms with van der Waals surface area (Å²) in [5, 5.41) is 0. The van der Waals surface area contributed by atoms with Crippen LogP contribution in [0.3, 0.4) is 0 Å². The predicted molar refractivity (Wildman–Crippen MR) is 116 cm³/mol. The Morgan fingerprint density at radius 1 is 0.727 bits per heavy atom. The minimum atomic E-state index is -0.762. The van der Waals surface area contributed by atoms with Crippen molar-refractivity contribution in [3.63, 3.8) is 0 Å². The number of rotatable bonds is 10. The topological polar surface area (TPSA) is 114 Å². The molecule has 0 atom stereocenters. The lowest BCUT2D eigenvalue weighted by Gasteiger charge is -2.16. The predicted octanol–water partition coefficient (Wildman–Crippen LogP) is 4.00. The van der Waals surface area contributed by atoms with Crippen LogP contribution in [-0.2, 0) is 25.7 Å². The van der Waals surface area contributed by atoms with Crippen LogP contribution >= 0.6 is 0 Å². The first-order valence-corrected chi connectivity index (χ1v) is 10.4. The van der Waals surface area contributed by atoms with Crippen molar-refractivity contribution >= 4 is 23.9 Å². The number of carbonyl (C=O) groups excluding carboxylic acids is 4. The van der Waals surface area contributed by atoms with Crippen LogP contribution in [-0.4, -0.2) is 31.0 Å². The number of methoxy groups -OCH3 is 1. The van der Waals surface area contributed by atoms with Crippen molar-refractivity contribution in [3.05, 3.63) is 47.5 Å². The molecule has 0 bridgehead atoms. The molecule has 0 aliphatic heterocycles. The van der Waals surface area contributed by atoms with Gasteiger partial charge in [-0.15, -0.1) is 0 Å². The Balaban J connectivity index is 2.39. The molecule has 0 aromatic heterocycles. The summed E-state index contributed by atoms with van der Waals surface area (Å²) in [6, 6.07) is 9.33. The van der Waals surface area contributed by atoms with E-state index in [0.717, 1.165) is 0 Å². The summed E-state index contributed by atoms with van der Waals surface area (Å²) < 4.78 is 26.2. The Morgan fingerprint density at radius 3 is 1.67 bits per heavy atom. The molecule has 33 heavy (non-hydrogen) atoms. The Bertz CT molecular complexity index is 970. The van der Waals surface area contributed by atoms with Gasteiger partial charge in [-0.3, -0.25) is 14.4 Å². The van der Waals surface area contributed by atoms with Gasteiger partial charge in [0.25, 0.3) is 0 Å². The molecule has 0 heterocycles. The van der Waals surface area contributed by atoms with Crippen molar-refractivity contribution in [1.29, 1.82) is 0 Å². The summed E-state index contributed by atoms with van der Waals surface area (Å²) in [6.45, 7) is 4.68. The highest BCUT2D eigenvalue weighted by Crippen LogP contribution is 2.40. The monoisotopic (exact) mass is 458 g/mol. The summed E-state index contributed by atoms with van der Waals surface area (Å²) in [4.78, 5) is 48.5. The van der Waals surface area contributed by atoms with E-state index in [4.69, 9.17) is 23.7 Å². The molecule has 0 spiro atoms. The van der Waals surface area contributed by atoms with Crippen molar-refractivity contribution in [2.75, 3.05) is 7.11 Å². The minimum Gasteiger partial charge on any atom is -0.497 e. The van der Waals surface area contributed by atoms with Gasteiger partial charge in [0.1, 0.15) is 12.4 Å². The van der Waals surface area contributed by atoms with Gasteiger partial charge in [0, 0.05) is 19.3 Å². The van der Waals surface area contributed by atoms with Gasteiger partial charge in [-0.1, -0.05) is 32.9 Å². The van der Waals surface area contributed by atoms with Crippen molar-refractivity contribution < 1.29 is 42.9 Å². The van der Waals surface area contributed by atoms with E-state index in [1.54, 1.807) is 52.1 Å². The third-order valence-electron chi connectivity index (χ3n) is 4.31. The number of hydrogen-bond acceptors (Lipinski definition) is 9. The molecule has 0 saturated heterocycles. The smallest absolute Gasteiger partial charge is 0.338 e. The van der Waals surface area contributed by atoms with E-state index in [1.807, 2.05) is 0 Å². The summed E-state index contributed by atoms with van der Waals surface area (Å²) in [7, 11) is 1.54. The van der Waals surface area contributed by atoms with Crippen LogP contribution in [0.15, 0.2) is 36.4 Å².